The number of fused-ring (bicyclic) bond motifs is 1. The number of hydrogen-bond acceptors (Lipinski definition) is 7. The largest absolute Gasteiger partial charge is 0.337 e. The first kappa shape index (κ1) is 21.8. The molecular formula is C20H23N7O4S. The Hall–Kier alpha value is -3.38. The Kier molecular flexibility index (Phi) is 6.42. The third-order valence-corrected chi connectivity index (χ3v) is 5.47. The minimum Gasteiger partial charge on any atom is -0.337 e. The second-order valence-electron chi connectivity index (χ2n) is 7.34. The van der Waals surface area contributed by atoms with Crippen LogP contribution in [0.5, 0.6) is 0 Å². The number of likely N-dealkylation sites (N-methyl/N-ethyl adjacent to an activating group) is 1. The summed E-state index contributed by atoms with van der Waals surface area (Å²) >= 11 is -1.40. The third-order valence-electron chi connectivity index (χ3n) is 5.02. The Balaban J connectivity index is 1.40. The Bertz CT molecular complexity index is 1140. The molecule has 3 heterocycles. The van der Waals surface area contributed by atoms with Crippen LogP contribution in [0.3, 0.4) is 0 Å². The van der Waals surface area contributed by atoms with Gasteiger partial charge in [-0.2, -0.15) is 5.10 Å². The highest BCUT2D eigenvalue weighted by Crippen LogP contribution is 2.22. The number of aryl methyl sites for hydroxylation is 1. The van der Waals surface area contributed by atoms with Crippen LogP contribution in [0.2, 0.25) is 0 Å². The Labute approximate surface area is 187 Å². The Morgan fingerprint density at radius 2 is 2.06 bits per heavy atom. The van der Waals surface area contributed by atoms with E-state index in [-0.39, 0.29) is 18.3 Å². The minimum atomic E-state index is -1.40. The second kappa shape index (κ2) is 9.40. The number of anilines is 1. The molecule has 2 atom stereocenters. The molecule has 4 rings (SSSR count). The number of amides is 2. The van der Waals surface area contributed by atoms with Crippen LogP contribution in [0.15, 0.2) is 42.7 Å². The van der Waals surface area contributed by atoms with Crippen molar-refractivity contribution in [2.75, 3.05) is 18.2 Å². The molecule has 0 saturated heterocycles. The lowest BCUT2D eigenvalue weighted by atomic mass is 10.2. The van der Waals surface area contributed by atoms with Gasteiger partial charge in [0, 0.05) is 25.9 Å². The number of hydrogen-bond donors (Lipinski definition) is 1. The molecule has 0 spiro atoms. The van der Waals surface area contributed by atoms with Crippen LogP contribution >= 0.6 is 0 Å². The summed E-state index contributed by atoms with van der Waals surface area (Å²) in [7, 11) is 1.62. The Morgan fingerprint density at radius 1 is 1.28 bits per heavy atom. The second-order valence-corrected chi connectivity index (χ2v) is 8.38. The van der Waals surface area contributed by atoms with Crippen LogP contribution in [-0.4, -0.2) is 59.9 Å². The van der Waals surface area contributed by atoms with Crippen molar-refractivity contribution in [1.29, 1.82) is 0 Å². The molecule has 0 radical (unpaired) electrons. The topological polar surface area (TPSA) is 124 Å². The molecule has 1 aliphatic rings. The van der Waals surface area contributed by atoms with Crippen molar-refractivity contribution in [1.82, 2.24) is 29.9 Å². The molecule has 11 nitrogen and oxygen atoms in total. The number of benzene rings is 1. The zero-order valence-electron chi connectivity index (χ0n) is 17.7. The van der Waals surface area contributed by atoms with Crippen LogP contribution in [0.25, 0.3) is 0 Å². The van der Waals surface area contributed by atoms with E-state index in [9.17, 15) is 13.8 Å². The number of carbonyl (C=O) groups excluding carboxylic acids is 2. The van der Waals surface area contributed by atoms with E-state index in [1.165, 1.54) is 17.5 Å². The lowest BCUT2D eigenvalue weighted by Gasteiger charge is -2.19. The van der Waals surface area contributed by atoms with Gasteiger partial charge in [0.2, 0.25) is 5.82 Å². The molecule has 32 heavy (non-hydrogen) atoms. The summed E-state index contributed by atoms with van der Waals surface area (Å²) in [5.41, 5.74) is 1.61. The summed E-state index contributed by atoms with van der Waals surface area (Å²) in [5.74, 6) is -0.197. The molecular weight excluding hydrogens is 434 g/mol. The molecule has 0 fully saturated rings. The summed E-state index contributed by atoms with van der Waals surface area (Å²) in [4.78, 5) is 31.1. The smallest absolute Gasteiger partial charge is 0.291 e. The first-order valence-electron chi connectivity index (χ1n) is 9.96. The fourth-order valence-electron chi connectivity index (χ4n) is 3.43. The molecule has 168 valence electrons. The van der Waals surface area contributed by atoms with Crippen molar-refractivity contribution in [3.8, 4) is 0 Å². The van der Waals surface area contributed by atoms with Gasteiger partial charge >= 0.3 is 0 Å². The number of carbonyl (C=O) groups is 2. The Morgan fingerprint density at radius 3 is 2.81 bits per heavy atom. The highest BCUT2D eigenvalue weighted by Gasteiger charge is 2.31. The van der Waals surface area contributed by atoms with E-state index in [0.29, 0.717) is 31.0 Å². The van der Waals surface area contributed by atoms with E-state index in [1.807, 2.05) is 30.3 Å². The van der Waals surface area contributed by atoms with Gasteiger partial charge in [0.05, 0.1) is 12.2 Å². The zero-order valence-corrected chi connectivity index (χ0v) is 18.5. The highest BCUT2D eigenvalue weighted by atomic mass is 32.2. The molecule has 1 N–H and O–H groups in total. The molecule has 1 aromatic carbocycles. The zero-order chi connectivity index (χ0) is 22.7. The summed E-state index contributed by atoms with van der Waals surface area (Å²) in [5, 5.41) is 11.4. The van der Waals surface area contributed by atoms with Gasteiger partial charge < -0.3 is 5.32 Å². The number of nitrogens with one attached hydrogen (secondary N) is 1. The van der Waals surface area contributed by atoms with Gasteiger partial charge in [0.25, 0.3) is 11.8 Å². The predicted molar refractivity (Wildman–Crippen MR) is 116 cm³/mol. The monoisotopic (exact) mass is 457 g/mol. The van der Waals surface area contributed by atoms with Gasteiger partial charge in [0.1, 0.15) is 24.8 Å². The van der Waals surface area contributed by atoms with Gasteiger partial charge in [0.15, 0.2) is 11.1 Å². The van der Waals surface area contributed by atoms with Crippen molar-refractivity contribution in [2.24, 2.45) is 0 Å². The van der Waals surface area contributed by atoms with E-state index in [2.05, 4.69) is 20.5 Å². The fourth-order valence-corrected chi connectivity index (χ4v) is 3.72. The quantitative estimate of drug-likeness (QED) is 0.548. The summed E-state index contributed by atoms with van der Waals surface area (Å²) < 4.78 is 19.5. The van der Waals surface area contributed by atoms with Gasteiger partial charge in [-0.25, -0.2) is 18.6 Å². The summed E-state index contributed by atoms with van der Waals surface area (Å²) in [6.07, 6.45) is 3.28. The molecule has 1 aliphatic heterocycles. The van der Waals surface area contributed by atoms with Gasteiger partial charge in [-0.05, 0) is 12.0 Å². The lowest BCUT2D eigenvalue weighted by Crippen LogP contribution is -2.47. The molecule has 0 saturated carbocycles. The van der Waals surface area contributed by atoms with Gasteiger partial charge in [-0.3, -0.25) is 18.7 Å². The normalized spacial score (nSPS) is 17.0. The molecule has 2 unspecified atom stereocenters. The van der Waals surface area contributed by atoms with Crippen molar-refractivity contribution >= 4 is 28.7 Å². The average Bonchev–Trinajstić information content (AvgIpc) is 3.39. The molecule has 0 aliphatic carbocycles. The van der Waals surface area contributed by atoms with Crippen molar-refractivity contribution in [2.45, 2.75) is 32.2 Å². The van der Waals surface area contributed by atoms with Crippen LogP contribution < -0.4 is 10.2 Å². The maximum atomic E-state index is 12.9. The maximum absolute atomic E-state index is 12.9. The van der Waals surface area contributed by atoms with Crippen molar-refractivity contribution in [3.05, 3.63) is 59.8 Å². The molecule has 2 amide bonds. The average molecular weight is 458 g/mol. The molecule has 12 heteroatoms. The standard InChI is InChI=1S/C20H23N7O4S/c1-25-17-10-15(12-31-32(2)30)23-27(17)9-8-16(20(25)29)22-19(28)18-21-13-26(24-18)11-14-6-4-3-5-7-14/h3-7,10,13,16H,8-9,11-12H2,1-2H3,(H,22,28). The van der Waals surface area contributed by atoms with Crippen LogP contribution in [0.1, 0.15) is 28.3 Å². The third kappa shape index (κ3) is 4.92. The SMILES string of the molecule is CN1C(=O)C(NC(=O)c2ncn(Cc3ccccc3)n2)CCn2nc(COS(C)=O)cc21. The maximum Gasteiger partial charge on any atom is 0.291 e. The molecule has 3 aromatic rings. The van der Waals surface area contributed by atoms with Crippen LogP contribution in [-0.2, 0) is 39.8 Å². The van der Waals surface area contributed by atoms with Gasteiger partial charge in [-0.1, -0.05) is 30.3 Å². The highest BCUT2D eigenvalue weighted by molar-refractivity contribution is 7.79. The van der Waals surface area contributed by atoms with E-state index in [0.717, 1.165) is 5.56 Å². The van der Waals surface area contributed by atoms with Gasteiger partial charge in [-0.15, -0.1) is 5.10 Å². The van der Waals surface area contributed by atoms with E-state index >= 15 is 0 Å². The number of rotatable bonds is 7. The summed E-state index contributed by atoms with van der Waals surface area (Å²) in [6.45, 7) is 0.995. The fraction of sp³-hybridized carbons (Fsp3) is 0.350. The van der Waals surface area contributed by atoms with Crippen molar-refractivity contribution < 1.29 is 18.0 Å². The summed E-state index contributed by atoms with van der Waals surface area (Å²) in [6, 6.07) is 10.7. The lowest BCUT2D eigenvalue weighted by molar-refractivity contribution is -0.120. The van der Waals surface area contributed by atoms with E-state index in [4.69, 9.17) is 4.18 Å². The predicted octanol–water partition coefficient (Wildman–Crippen LogP) is 0.498. The minimum absolute atomic E-state index is 0.00497. The van der Waals surface area contributed by atoms with Crippen LogP contribution in [0, 0.1) is 0 Å². The van der Waals surface area contributed by atoms with Crippen molar-refractivity contribution in [3.63, 3.8) is 0 Å². The molecule has 0 bridgehead atoms. The first-order valence-corrected chi connectivity index (χ1v) is 11.4. The molecule has 2 aromatic heterocycles. The van der Waals surface area contributed by atoms with Crippen LogP contribution in [0.4, 0.5) is 5.82 Å². The van der Waals surface area contributed by atoms with E-state index < -0.39 is 23.0 Å². The number of nitrogens with zero attached hydrogens (tertiary/aromatic N) is 6. The van der Waals surface area contributed by atoms with E-state index in [1.54, 1.807) is 22.5 Å². The first-order chi connectivity index (χ1) is 15.4. The number of aromatic nitrogens is 5.